The molecular weight excluding hydrogens is 452 g/mol. The summed E-state index contributed by atoms with van der Waals surface area (Å²) in [6.45, 7) is 1.12. The van der Waals surface area contributed by atoms with Gasteiger partial charge in [-0.1, -0.05) is 25.1 Å². The number of hydrogen-bond acceptors (Lipinski definition) is 8. The third kappa shape index (κ3) is 3.48. The van der Waals surface area contributed by atoms with E-state index in [1.165, 1.54) is 7.05 Å². The maximum absolute atomic E-state index is 13.5. The Labute approximate surface area is 200 Å². The number of esters is 2. The molecule has 4 heterocycles. The van der Waals surface area contributed by atoms with Crippen molar-refractivity contribution < 1.29 is 23.9 Å². The van der Waals surface area contributed by atoms with Crippen LogP contribution in [0.15, 0.2) is 41.2 Å². The number of ether oxygens (including phenoxy) is 2. The van der Waals surface area contributed by atoms with Crippen molar-refractivity contribution in [2.45, 2.75) is 32.1 Å². The van der Waals surface area contributed by atoms with Crippen LogP contribution in [0.3, 0.4) is 0 Å². The smallest absolute Gasteiger partial charge is 0.355 e. The number of aromatic nitrogens is 2. The first-order chi connectivity index (χ1) is 16.8. The Bertz CT molecular complexity index is 1460. The first-order valence-electron chi connectivity index (χ1n) is 11.3. The molecule has 1 aromatic carbocycles. The fraction of sp³-hybridized carbons (Fsp3) is 0.320. The molecule has 5 rings (SSSR count). The van der Waals surface area contributed by atoms with Crippen LogP contribution in [0.5, 0.6) is 0 Å². The van der Waals surface area contributed by atoms with Crippen molar-refractivity contribution in [1.29, 1.82) is 0 Å². The Kier molecular flexibility index (Phi) is 5.40. The summed E-state index contributed by atoms with van der Waals surface area (Å²) in [5.41, 5.74) is 6.62. The number of para-hydroxylation sites is 1. The van der Waals surface area contributed by atoms with E-state index < -0.39 is 30.0 Å². The zero-order chi connectivity index (χ0) is 24.9. The summed E-state index contributed by atoms with van der Waals surface area (Å²) in [4.78, 5) is 57.0. The SMILES string of the molecule is CC[C@@]1(OC(=O)CN(C)C(=O)CN)C(=O)OCc2c1cc1n(c2=O)Cc2cc3ccccc3nc2-1. The Balaban J connectivity index is 1.62. The van der Waals surface area contributed by atoms with Gasteiger partial charge >= 0.3 is 11.9 Å². The van der Waals surface area contributed by atoms with E-state index in [0.717, 1.165) is 21.4 Å². The summed E-state index contributed by atoms with van der Waals surface area (Å²) < 4.78 is 12.6. The van der Waals surface area contributed by atoms with Crippen molar-refractivity contribution in [1.82, 2.24) is 14.5 Å². The average molecular weight is 476 g/mol. The van der Waals surface area contributed by atoms with Crippen LogP contribution >= 0.6 is 0 Å². The molecule has 2 aromatic heterocycles. The van der Waals surface area contributed by atoms with E-state index in [1.807, 2.05) is 30.3 Å². The van der Waals surface area contributed by atoms with Crippen LogP contribution in [0, 0.1) is 0 Å². The molecule has 2 N–H and O–H groups in total. The summed E-state index contributed by atoms with van der Waals surface area (Å²) in [5, 5.41) is 0.961. The molecule has 180 valence electrons. The number of likely N-dealkylation sites (N-methyl/N-ethyl adjacent to an activating group) is 1. The van der Waals surface area contributed by atoms with Crippen LogP contribution in [0.2, 0.25) is 0 Å². The summed E-state index contributed by atoms with van der Waals surface area (Å²) in [7, 11) is 1.41. The minimum absolute atomic E-state index is 0.0417. The lowest BCUT2D eigenvalue weighted by Gasteiger charge is -2.36. The Morgan fingerprint density at radius 2 is 2.03 bits per heavy atom. The van der Waals surface area contributed by atoms with Gasteiger partial charge in [-0.2, -0.15) is 0 Å². The highest BCUT2D eigenvalue weighted by atomic mass is 16.6. The number of nitrogens with two attached hydrogens (primary N) is 1. The Morgan fingerprint density at radius 3 is 2.77 bits per heavy atom. The van der Waals surface area contributed by atoms with Crippen molar-refractivity contribution in [3.8, 4) is 11.4 Å². The third-order valence-electron chi connectivity index (χ3n) is 6.64. The molecule has 0 aliphatic carbocycles. The zero-order valence-electron chi connectivity index (χ0n) is 19.4. The van der Waals surface area contributed by atoms with E-state index in [1.54, 1.807) is 17.6 Å². The highest BCUT2D eigenvalue weighted by molar-refractivity contribution is 5.89. The number of amides is 1. The van der Waals surface area contributed by atoms with E-state index in [4.69, 9.17) is 20.2 Å². The minimum Gasteiger partial charge on any atom is -0.457 e. The van der Waals surface area contributed by atoms with E-state index in [0.29, 0.717) is 17.9 Å². The quantitative estimate of drug-likeness (QED) is 0.423. The lowest BCUT2D eigenvalue weighted by Crippen LogP contribution is -2.49. The number of fused-ring (bicyclic) bond motifs is 5. The van der Waals surface area contributed by atoms with Gasteiger partial charge in [0.2, 0.25) is 11.5 Å². The molecule has 0 unspecified atom stereocenters. The predicted molar refractivity (Wildman–Crippen MR) is 125 cm³/mol. The molecule has 10 nitrogen and oxygen atoms in total. The molecule has 2 aliphatic rings. The largest absolute Gasteiger partial charge is 0.457 e. The monoisotopic (exact) mass is 476 g/mol. The fourth-order valence-electron chi connectivity index (χ4n) is 4.75. The highest BCUT2D eigenvalue weighted by Gasteiger charge is 2.50. The third-order valence-corrected chi connectivity index (χ3v) is 6.64. The molecule has 1 amide bonds. The van der Waals surface area contributed by atoms with Crippen LogP contribution in [-0.4, -0.2) is 52.4 Å². The van der Waals surface area contributed by atoms with Gasteiger partial charge in [-0.05, 0) is 24.6 Å². The molecule has 1 atom stereocenters. The van der Waals surface area contributed by atoms with Crippen molar-refractivity contribution in [2.75, 3.05) is 20.1 Å². The van der Waals surface area contributed by atoms with Crippen LogP contribution in [-0.2, 0) is 42.6 Å². The predicted octanol–water partition coefficient (Wildman–Crippen LogP) is 1.05. The lowest BCUT2D eigenvalue weighted by molar-refractivity contribution is -0.190. The van der Waals surface area contributed by atoms with Gasteiger partial charge in [-0.25, -0.2) is 9.78 Å². The van der Waals surface area contributed by atoms with Crippen molar-refractivity contribution in [2.24, 2.45) is 5.73 Å². The number of rotatable bonds is 5. The second-order valence-corrected chi connectivity index (χ2v) is 8.69. The van der Waals surface area contributed by atoms with Crippen molar-refractivity contribution in [3.63, 3.8) is 0 Å². The van der Waals surface area contributed by atoms with Gasteiger partial charge < -0.3 is 24.7 Å². The highest BCUT2D eigenvalue weighted by Crippen LogP contribution is 2.40. The first kappa shape index (κ1) is 22.7. The molecule has 2 aliphatic heterocycles. The van der Waals surface area contributed by atoms with Crippen LogP contribution in [0.4, 0.5) is 0 Å². The molecule has 0 bridgehead atoms. The van der Waals surface area contributed by atoms with Crippen LogP contribution < -0.4 is 11.3 Å². The molecule has 0 radical (unpaired) electrons. The molecule has 10 heteroatoms. The van der Waals surface area contributed by atoms with Gasteiger partial charge in [0, 0.05) is 23.6 Å². The number of carbonyl (C=O) groups is 3. The van der Waals surface area contributed by atoms with E-state index in [2.05, 4.69) is 0 Å². The van der Waals surface area contributed by atoms with Crippen LogP contribution in [0.1, 0.15) is 30.0 Å². The van der Waals surface area contributed by atoms with Gasteiger partial charge in [0.1, 0.15) is 13.2 Å². The maximum Gasteiger partial charge on any atom is 0.355 e. The molecule has 0 fully saturated rings. The molecule has 35 heavy (non-hydrogen) atoms. The zero-order valence-corrected chi connectivity index (χ0v) is 19.4. The molecule has 3 aromatic rings. The van der Waals surface area contributed by atoms with Gasteiger partial charge in [0.15, 0.2) is 0 Å². The fourth-order valence-corrected chi connectivity index (χ4v) is 4.75. The second kappa shape index (κ2) is 8.31. The number of carbonyl (C=O) groups excluding carboxylic acids is 3. The number of nitrogens with zero attached hydrogens (tertiary/aromatic N) is 3. The Morgan fingerprint density at radius 1 is 1.26 bits per heavy atom. The average Bonchev–Trinajstić information content (AvgIpc) is 3.21. The van der Waals surface area contributed by atoms with Gasteiger partial charge in [0.05, 0.1) is 35.6 Å². The normalized spacial score (nSPS) is 17.9. The molecule has 0 saturated heterocycles. The molecule has 0 spiro atoms. The summed E-state index contributed by atoms with van der Waals surface area (Å²) in [6, 6.07) is 11.4. The summed E-state index contributed by atoms with van der Waals surface area (Å²) in [5.74, 6) is -2.03. The number of hydrogen-bond donors (Lipinski definition) is 1. The topological polar surface area (TPSA) is 134 Å². The first-order valence-corrected chi connectivity index (χ1v) is 11.3. The lowest BCUT2D eigenvalue weighted by atomic mass is 9.85. The molecule has 0 saturated carbocycles. The number of pyridine rings is 2. The van der Waals surface area contributed by atoms with Gasteiger partial charge in [0.25, 0.3) is 5.56 Å². The van der Waals surface area contributed by atoms with Gasteiger partial charge in [-0.3, -0.25) is 14.4 Å². The Hall–Kier alpha value is -4.05. The number of cyclic esters (lactones) is 1. The van der Waals surface area contributed by atoms with E-state index in [9.17, 15) is 19.2 Å². The van der Waals surface area contributed by atoms with Crippen molar-refractivity contribution in [3.05, 3.63) is 63.4 Å². The summed E-state index contributed by atoms with van der Waals surface area (Å²) >= 11 is 0. The minimum atomic E-state index is -1.81. The number of benzene rings is 1. The van der Waals surface area contributed by atoms with Crippen molar-refractivity contribution >= 4 is 28.7 Å². The molecular formula is C25H24N4O6. The maximum atomic E-state index is 13.5. The van der Waals surface area contributed by atoms with E-state index >= 15 is 0 Å². The van der Waals surface area contributed by atoms with Crippen LogP contribution in [0.25, 0.3) is 22.3 Å². The van der Waals surface area contributed by atoms with E-state index in [-0.39, 0.29) is 36.3 Å². The standard InChI is InChI=1S/C25H24N4O6/c1-3-25(35-21(31)12-28(2)20(30)10-26)17-9-19-22-15(8-14-6-4-5-7-18(14)27-22)11-29(19)23(32)16(17)13-34-24(25)33/h4-9H,3,10-13,26H2,1-2H3/t25-/m0/s1. The second-order valence-electron chi connectivity index (χ2n) is 8.69. The summed E-state index contributed by atoms with van der Waals surface area (Å²) in [6.07, 6.45) is 0.0417. The van der Waals surface area contributed by atoms with Gasteiger partial charge in [-0.15, -0.1) is 0 Å².